The largest absolute Gasteiger partial charge is 0.333 e. The predicted molar refractivity (Wildman–Crippen MR) is 103 cm³/mol. The minimum Gasteiger partial charge on any atom is -0.333 e. The Morgan fingerprint density at radius 1 is 1.27 bits per heavy atom. The van der Waals surface area contributed by atoms with Crippen LogP contribution in [0.3, 0.4) is 0 Å². The van der Waals surface area contributed by atoms with Crippen molar-refractivity contribution in [1.29, 1.82) is 5.26 Å². The van der Waals surface area contributed by atoms with Gasteiger partial charge in [-0.1, -0.05) is 35.0 Å². The van der Waals surface area contributed by atoms with Crippen molar-refractivity contribution >= 4 is 45.5 Å². The first-order chi connectivity index (χ1) is 12.6. The van der Waals surface area contributed by atoms with Crippen molar-refractivity contribution in [3.8, 4) is 16.8 Å². The molecule has 26 heavy (non-hydrogen) atoms. The van der Waals surface area contributed by atoms with E-state index in [4.69, 9.17) is 16.1 Å². The lowest BCUT2D eigenvalue weighted by Gasteiger charge is -2.03. The molecule has 0 aliphatic rings. The summed E-state index contributed by atoms with van der Waals surface area (Å²) < 4.78 is 5.25. The van der Waals surface area contributed by atoms with E-state index in [0.29, 0.717) is 16.5 Å². The van der Waals surface area contributed by atoms with Crippen LogP contribution in [-0.4, -0.2) is 15.1 Å². The van der Waals surface area contributed by atoms with E-state index in [9.17, 15) is 5.26 Å². The van der Waals surface area contributed by atoms with Crippen LogP contribution in [0.15, 0.2) is 46.3 Å². The van der Waals surface area contributed by atoms with Crippen LogP contribution in [0.1, 0.15) is 17.0 Å². The van der Waals surface area contributed by atoms with Gasteiger partial charge in [-0.2, -0.15) is 10.2 Å². The van der Waals surface area contributed by atoms with Crippen molar-refractivity contribution in [2.45, 2.75) is 6.92 Å². The van der Waals surface area contributed by atoms with Gasteiger partial charge in [-0.25, -0.2) is 4.98 Å². The van der Waals surface area contributed by atoms with Crippen LogP contribution in [0.5, 0.6) is 0 Å². The molecule has 0 saturated heterocycles. The number of nitriles is 1. The lowest BCUT2D eigenvalue weighted by molar-refractivity contribution is 0.409. The molecule has 0 saturated carbocycles. The highest BCUT2D eigenvalue weighted by Crippen LogP contribution is 2.27. The Balaban J connectivity index is 1.76. The summed E-state index contributed by atoms with van der Waals surface area (Å²) in [4.78, 5) is 9.58. The van der Waals surface area contributed by atoms with Gasteiger partial charge in [-0.05, 0) is 42.1 Å². The number of hydrogen-bond acceptors (Lipinski definition) is 6. The number of allylic oxidation sites excluding steroid dienone is 1. The molecule has 0 aliphatic carbocycles. The van der Waals surface area contributed by atoms with E-state index in [1.54, 1.807) is 6.08 Å². The molecule has 5 nitrogen and oxygen atoms in total. The number of thiophene rings is 1. The molecule has 4 aromatic rings. The molecule has 0 fully saturated rings. The highest BCUT2D eigenvalue weighted by molar-refractivity contribution is 7.13. The predicted octanol–water partition coefficient (Wildman–Crippen LogP) is 5.37. The van der Waals surface area contributed by atoms with Gasteiger partial charge in [0.15, 0.2) is 0 Å². The summed E-state index contributed by atoms with van der Waals surface area (Å²) >= 11 is 7.80. The fraction of sp³-hybridized carbons (Fsp3) is 0.0526. The minimum atomic E-state index is 0.149. The van der Waals surface area contributed by atoms with E-state index in [2.05, 4.69) is 21.2 Å². The van der Waals surface area contributed by atoms with Crippen LogP contribution >= 0.6 is 22.9 Å². The van der Waals surface area contributed by atoms with E-state index in [-0.39, 0.29) is 11.5 Å². The van der Waals surface area contributed by atoms with Gasteiger partial charge in [0.25, 0.3) is 5.89 Å². The Kier molecular flexibility index (Phi) is 4.25. The van der Waals surface area contributed by atoms with Crippen molar-refractivity contribution in [2.75, 3.05) is 0 Å². The zero-order valence-electron chi connectivity index (χ0n) is 13.6. The van der Waals surface area contributed by atoms with Gasteiger partial charge >= 0.3 is 0 Å². The molecule has 126 valence electrons. The first-order valence-electron chi connectivity index (χ1n) is 7.71. The van der Waals surface area contributed by atoms with Crippen molar-refractivity contribution in [2.24, 2.45) is 0 Å². The third-order valence-electron chi connectivity index (χ3n) is 3.77. The van der Waals surface area contributed by atoms with Crippen LogP contribution in [0.4, 0.5) is 0 Å². The normalized spacial score (nSPS) is 11.7. The standard InChI is InChI=1S/C19H11ClN4OS/c1-11-4-5-12-8-13(17(20)22-15(12)7-11)9-14(10-21)19-23-18(24-25-19)16-3-2-6-26-16/h2-9H,1H3/b14-9+. The number of aromatic nitrogens is 3. The van der Waals surface area contributed by atoms with E-state index in [0.717, 1.165) is 21.3 Å². The Morgan fingerprint density at radius 3 is 2.92 bits per heavy atom. The fourth-order valence-corrected chi connectivity index (χ4v) is 3.36. The van der Waals surface area contributed by atoms with Crippen molar-refractivity contribution in [3.63, 3.8) is 0 Å². The van der Waals surface area contributed by atoms with Crippen LogP contribution in [0, 0.1) is 18.3 Å². The maximum Gasteiger partial charge on any atom is 0.268 e. The summed E-state index contributed by atoms with van der Waals surface area (Å²) in [6.45, 7) is 2.00. The topological polar surface area (TPSA) is 75.6 Å². The first kappa shape index (κ1) is 16.5. The van der Waals surface area contributed by atoms with Gasteiger partial charge in [0, 0.05) is 10.9 Å². The number of fused-ring (bicyclic) bond motifs is 1. The molecular weight excluding hydrogens is 368 g/mol. The number of hydrogen-bond donors (Lipinski definition) is 0. The van der Waals surface area contributed by atoms with E-state index in [1.165, 1.54) is 11.3 Å². The number of aryl methyl sites for hydroxylation is 1. The molecule has 0 atom stereocenters. The van der Waals surface area contributed by atoms with Crippen LogP contribution in [0.2, 0.25) is 5.15 Å². The quantitative estimate of drug-likeness (QED) is 0.353. The third-order valence-corrected chi connectivity index (χ3v) is 4.94. The summed E-state index contributed by atoms with van der Waals surface area (Å²) in [5, 5.41) is 16.6. The number of halogens is 1. The summed E-state index contributed by atoms with van der Waals surface area (Å²) in [5.41, 5.74) is 2.77. The molecule has 1 aromatic carbocycles. The molecule has 0 aliphatic heterocycles. The van der Waals surface area contributed by atoms with Crippen molar-refractivity contribution in [1.82, 2.24) is 15.1 Å². The molecule has 4 rings (SSSR count). The average Bonchev–Trinajstić information content (AvgIpc) is 3.31. The maximum absolute atomic E-state index is 9.51. The van der Waals surface area contributed by atoms with Gasteiger partial charge in [0.2, 0.25) is 5.82 Å². The number of pyridine rings is 1. The number of nitrogens with zero attached hydrogens (tertiary/aromatic N) is 4. The van der Waals surface area contributed by atoms with Gasteiger partial charge in [-0.15, -0.1) is 11.3 Å². The number of rotatable bonds is 3. The second-order valence-corrected chi connectivity index (χ2v) is 6.94. The van der Waals surface area contributed by atoms with E-state index < -0.39 is 0 Å². The zero-order chi connectivity index (χ0) is 18.1. The molecule has 7 heteroatoms. The summed E-state index contributed by atoms with van der Waals surface area (Å²) in [7, 11) is 0. The maximum atomic E-state index is 9.51. The fourth-order valence-electron chi connectivity index (χ4n) is 2.51. The molecule has 0 spiro atoms. The molecule has 0 N–H and O–H groups in total. The molecule has 3 aromatic heterocycles. The monoisotopic (exact) mass is 378 g/mol. The summed E-state index contributed by atoms with van der Waals surface area (Å²) in [5.74, 6) is 0.602. The van der Waals surface area contributed by atoms with Crippen LogP contribution in [-0.2, 0) is 0 Å². The lowest BCUT2D eigenvalue weighted by atomic mass is 10.1. The Hall–Kier alpha value is -3.01. The molecule has 0 bridgehead atoms. The third kappa shape index (κ3) is 3.10. The summed E-state index contributed by atoms with van der Waals surface area (Å²) in [6, 6.07) is 13.7. The van der Waals surface area contributed by atoms with Gasteiger partial charge in [0.1, 0.15) is 16.8 Å². The zero-order valence-corrected chi connectivity index (χ0v) is 15.2. The molecule has 0 amide bonds. The second kappa shape index (κ2) is 6.71. The highest BCUT2D eigenvalue weighted by Gasteiger charge is 2.14. The van der Waals surface area contributed by atoms with Gasteiger partial charge in [0.05, 0.1) is 10.4 Å². The van der Waals surface area contributed by atoms with E-state index in [1.807, 2.05) is 48.7 Å². The van der Waals surface area contributed by atoms with Gasteiger partial charge < -0.3 is 4.52 Å². The van der Waals surface area contributed by atoms with E-state index >= 15 is 0 Å². The smallest absolute Gasteiger partial charge is 0.268 e. The first-order valence-corrected chi connectivity index (χ1v) is 8.96. The van der Waals surface area contributed by atoms with Crippen LogP contribution in [0.25, 0.3) is 33.3 Å². The molecular formula is C19H11ClN4OS. The molecule has 3 heterocycles. The Morgan fingerprint density at radius 2 is 2.15 bits per heavy atom. The molecule has 0 radical (unpaired) electrons. The van der Waals surface area contributed by atoms with Crippen molar-refractivity contribution in [3.05, 3.63) is 63.9 Å². The molecule has 0 unspecified atom stereocenters. The minimum absolute atomic E-state index is 0.149. The van der Waals surface area contributed by atoms with Gasteiger partial charge in [-0.3, -0.25) is 0 Å². The lowest BCUT2D eigenvalue weighted by Crippen LogP contribution is -1.88. The Bertz CT molecular complexity index is 1170. The van der Waals surface area contributed by atoms with Crippen LogP contribution < -0.4 is 0 Å². The highest BCUT2D eigenvalue weighted by atomic mass is 35.5. The SMILES string of the molecule is Cc1ccc2cc(/C=C(\C#N)c3nc(-c4cccs4)no3)c(Cl)nc2c1. The average molecular weight is 379 g/mol. The second-order valence-electron chi connectivity index (χ2n) is 5.63. The summed E-state index contributed by atoms with van der Waals surface area (Å²) in [6.07, 6.45) is 1.61. The van der Waals surface area contributed by atoms with Crippen molar-refractivity contribution < 1.29 is 4.52 Å². The Labute approximate surface area is 158 Å². The number of benzene rings is 1.